The Hall–Kier alpha value is -0.480. The van der Waals surface area contributed by atoms with Crippen molar-refractivity contribution in [2.24, 2.45) is 0 Å². The Morgan fingerprint density at radius 2 is 1.83 bits per heavy atom. The molecule has 1 heterocycles. The Kier molecular flexibility index (Phi) is 6.46. The van der Waals surface area contributed by atoms with Gasteiger partial charge in [0.05, 0.1) is 15.5 Å². The summed E-state index contributed by atoms with van der Waals surface area (Å²) in [6, 6.07) is 2.71. The number of sulfonamides is 1. The predicted octanol–water partition coefficient (Wildman–Crippen LogP) is 3.03. The molecule has 0 aliphatic carbocycles. The Labute approximate surface area is 149 Å². The van der Waals surface area contributed by atoms with Crippen molar-refractivity contribution in [3.05, 3.63) is 28.8 Å². The number of alkyl halides is 3. The first-order chi connectivity index (χ1) is 11.2. The molecule has 4 nitrogen and oxygen atoms in total. The molecule has 0 atom stereocenters. The number of thioether (sulfide) groups is 1. The van der Waals surface area contributed by atoms with Crippen LogP contribution >= 0.6 is 23.4 Å². The van der Waals surface area contributed by atoms with Gasteiger partial charge in [-0.05, 0) is 24.5 Å². The van der Waals surface area contributed by atoms with Crippen molar-refractivity contribution >= 4 is 33.4 Å². The largest absolute Gasteiger partial charge is 0.417 e. The van der Waals surface area contributed by atoms with E-state index in [0.29, 0.717) is 19.2 Å². The second-order valence-electron chi connectivity index (χ2n) is 5.38. The molecule has 0 saturated carbocycles. The van der Waals surface area contributed by atoms with Gasteiger partial charge in [-0.15, -0.1) is 0 Å². The minimum atomic E-state index is -4.70. The van der Waals surface area contributed by atoms with Crippen LogP contribution in [0.25, 0.3) is 0 Å². The number of rotatable bonds is 5. The first-order valence-corrected chi connectivity index (χ1v) is 10.5. The van der Waals surface area contributed by atoms with Gasteiger partial charge in [-0.1, -0.05) is 11.6 Å². The van der Waals surface area contributed by atoms with Gasteiger partial charge in [-0.25, -0.2) is 8.42 Å². The minimum absolute atomic E-state index is 0.265. The van der Waals surface area contributed by atoms with Crippen molar-refractivity contribution in [1.29, 1.82) is 0 Å². The van der Waals surface area contributed by atoms with Gasteiger partial charge in [-0.2, -0.15) is 29.2 Å². The number of nitrogens with zero attached hydrogens (tertiary/aromatic N) is 2. The maximum absolute atomic E-state index is 12.9. The molecule has 0 aromatic heterocycles. The molecule has 0 spiro atoms. The van der Waals surface area contributed by atoms with Crippen molar-refractivity contribution in [1.82, 2.24) is 9.21 Å². The Morgan fingerprint density at radius 1 is 1.21 bits per heavy atom. The summed E-state index contributed by atoms with van der Waals surface area (Å²) in [5, 5.41) is -0.511. The van der Waals surface area contributed by atoms with Crippen molar-refractivity contribution < 1.29 is 21.6 Å². The van der Waals surface area contributed by atoms with Crippen LogP contribution < -0.4 is 0 Å². The monoisotopic (exact) mass is 402 g/mol. The van der Waals surface area contributed by atoms with E-state index in [9.17, 15) is 21.6 Å². The summed E-state index contributed by atoms with van der Waals surface area (Å²) in [6.45, 7) is 2.54. The van der Waals surface area contributed by atoms with Crippen LogP contribution in [0.2, 0.25) is 5.02 Å². The van der Waals surface area contributed by atoms with Crippen LogP contribution in [0.15, 0.2) is 23.1 Å². The van der Waals surface area contributed by atoms with Gasteiger partial charge in [-0.3, -0.25) is 4.90 Å². The molecule has 0 bridgehead atoms. The summed E-state index contributed by atoms with van der Waals surface area (Å²) in [5.74, 6) is 0.957. The number of benzene rings is 1. The third-order valence-electron chi connectivity index (χ3n) is 3.82. The van der Waals surface area contributed by atoms with Crippen LogP contribution in [0, 0.1) is 0 Å². The fourth-order valence-electron chi connectivity index (χ4n) is 2.45. The van der Waals surface area contributed by atoms with Crippen molar-refractivity contribution in [2.75, 3.05) is 44.7 Å². The zero-order valence-corrected chi connectivity index (χ0v) is 15.4. The van der Waals surface area contributed by atoms with E-state index < -0.39 is 26.8 Å². The predicted molar refractivity (Wildman–Crippen MR) is 90.0 cm³/mol. The third kappa shape index (κ3) is 4.57. The first-order valence-electron chi connectivity index (χ1n) is 7.24. The van der Waals surface area contributed by atoms with E-state index in [2.05, 4.69) is 4.90 Å². The lowest BCUT2D eigenvalue weighted by molar-refractivity contribution is -0.137. The highest BCUT2D eigenvalue weighted by molar-refractivity contribution is 7.98. The van der Waals surface area contributed by atoms with E-state index in [1.165, 1.54) is 4.31 Å². The Bertz CT molecular complexity index is 675. The topological polar surface area (TPSA) is 40.6 Å². The maximum atomic E-state index is 12.9. The molecule has 0 radical (unpaired) electrons. The second-order valence-corrected chi connectivity index (χ2v) is 8.71. The molecule has 0 amide bonds. The van der Waals surface area contributed by atoms with Crippen molar-refractivity contribution in [3.63, 3.8) is 0 Å². The van der Waals surface area contributed by atoms with Crippen LogP contribution in [-0.2, 0) is 16.2 Å². The van der Waals surface area contributed by atoms with E-state index in [1.807, 2.05) is 6.26 Å². The van der Waals surface area contributed by atoms with E-state index in [4.69, 9.17) is 11.6 Å². The van der Waals surface area contributed by atoms with E-state index >= 15 is 0 Å². The summed E-state index contributed by atoms with van der Waals surface area (Å²) in [7, 11) is -3.96. The van der Waals surface area contributed by atoms with Gasteiger partial charge in [0.25, 0.3) is 0 Å². The smallest absolute Gasteiger partial charge is 0.300 e. The van der Waals surface area contributed by atoms with Gasteiger partial charge in [0.2, 0.25) is 10.0 Å². The molecule has 24 heavy (non-hydrogen) atoms. The molecule has 1 aliphatic rings. The summed E-state index contributed by atoms with van der Waals surface area (Å²) in [5.41, 5.74) is -1.14. The van der Waals surface area contributed by atoms with Gasteiger partial charge in [0, 0.05) is 38.5 Å². The fraction of sp³-hybridized carbons (Fsp3) is 0.571. The number of piperazine rings is 1. The third-order valence-corrected chi connectivity index (χ3v) is 6.64. The van der Waals surface area contributed by atoms with Crippen LogP contribution in [0.5, 0.6) is 0 Å². The SMILES string of the molecule is CSCCN1CCN(S(=O)(=O)c2ccc(Cl)c(C(F)(F)F)c2)CC1. The summed E-state index contributed by atoms with van der Waals surface area (Å²) < 4.78 is 65.2. The van der Waals surface area contributed by atoms with Gasteiger partial charge in [0.1, 0.15) is 0 Å². The normalized spacial score (nSPS) is 18.0. The average molecular weight is 403 g/mol. The summed E-state index contributed by atoms with van der Waals surface area (Å²) in [4.78, 5) is 1.77. The Morgan fingerprint density at radius 3 is 2.38 bits per heavy atom. The standard InChI is InChI=1S/C14H18ClF3N2O2S2/c1-23-9-8-19-4-6-20(7-5-19)24(21,22)11-2-3-13(15)12(10-11)14(16,17)18/h2-3,10H,4-9H2,1H3. The molecule has 10 heteroatoms. The molecule has 136 valence electrons. The zero-order chi connectivity index (χ0) is 18.0. The number of halogens is 4. The van der Waals surface area contributed by atoms with Crippen LogP contribution in [-0.4, -0.2) is 62.4 Å². The van der Waals surface area contributed by atoms with Gasteiger partial charge in [0.15, 0.2) is 0 Å². The Balaban J connectivity index is 2.17. The first kappa shape index (κ1) is 19.8. The van der Waals surface area contributed by atoms with Crippen LogP contribution in [0.1, 0.15) is 5.56 Å². The summed E-state index contributed by atoms with van der Waals surface area (Å²) >= 11 is 7.26. The zero-order valence-electron chi connectivity index (χ0n) is 13.0. The molecule has 1 aromatic rings. The summed E-state index contributed by atoms with van der Waals surface area (Å²) in [6.07, 6.45) is -2.70. The van der Waals surface area contributed by atoms with Crippen molar-refractivity contribution in [2.45, 2.75) is 11.1 Å². The van der Waals surface area contributed by atoms with Crippen LogP contribution in [0.4, 0.5) is 13.2 Å². The van der Waals surface area contributed by atoms with Crippen LogP contribution in [0.3, 0.4) is 0 Å². The van der Waals surface area contributed by atoms with E-state index in [0.717, 1.165) is 24.4 Å². The molecule has 1 aliphatic heterocycles. The number of hydrogen-bond donors (Lipinski definition) is 0. The van der Waals surface area contributed by atoms with Crippen molar-refractivity contribution in [3.8, 4) is 0 Å². The average Bonchev–Trinajstić information content (AvgIpc) is 2.52. The fourth-order valence-corrected chi connectivity index (χ4v) is 4.56. The highest BCUT2D eigenvalue weighted by atomic mass is 35.5. The minimum Gasteiger partial charge on any atom is -0.300 e. The highest BCUT2D eigenvalue weighted by Crippen LogP contribution is 2.36. The van der Waals surface area contributed by atoms with Gasteiger partial charge < -0.3 is 0 Å². The lowest BCUT2D eigenvalue weighted by atomic mass is 10.2. The molecule has 0 unspecified atom stereocenters. The highest BCUT2D eigenvalue weighted by Gasteiger charge is 2.36. The lowest BCUT2D eigenvalue weighted by Gasteiger charge is -2.33. The van der Waals surface area contributed by atoms with E-state index in [1.54, 1.807) is 11.8 Å². The maximum Gasteiger partial charge on any atom is 0.417 e. The molecular weight excluding hydrogens is 385 g/mol. The van der Waals surface area contributed by atoms with Gasteiger partial charge >= 0.3 is 6.18 Å². The molecule has 2 rings (SSSR count). The molecule has 1 saturated heterocycles. The molecular formula is C14H18ClF3N2O2S2. The molecule has 0 N–H and O–H groups in total. The number of hydrogen-bond acceptors (Lipinski definition) is 4. The lowest BCUT2D eigenvalue weighted by Crippen LogP contribution is -2.49. The second kappa shape index (κ2) is 7.82. The molecule has 1 fully saturated rings. The molecule has 1 aromatic carbocycles. The van der Waals surface area contributed by atoms with E-state index in [-0.39, 0.29) is 18.0 Å². The quantitative estimate of drug-likeness (QED) is 0.759.